The number of piperidine rings is 1. The first-order chi connectivity index (χ1) is 33.2. The summed E-state index contributed by atoms with van der Waals surface area (Å²) in [6, 6.07) is 43.3. The predicted molar refractivity (Wildman–Crippen MR) is 264 cm³/mol. The van der Waals surface area contributed by atoms with Crippen LogP contribution in [0, 0.1) is 25.7 Å². The summed E-state index contributed by atoms with van der Waals surface area (Å²) in [4.78, 5) is 61.9. The molecule has 5 N–H and O–H groups in total. The number of hydrogen-bond donors (Lipinski definition) is 4. The number of rotatable bonds is 19. The number of nitrogens with one attached hydrogen (secondary N) is 2. The van der Waals surface area contributed by atoms with Gasteiger partial charge >= 0.3 is 11.9 Å². The minimum Gasteiger partial charge on any atom is -0.662 e. The molecule has 373 valence electrons. The van der Waals surface area contributed by atoms with E-state index in [4.69, 9.17) is 29.9 Å². The van der Waals surface area contributed by atoms with Crippen LogP contribution in [0.4, 0.5) is 0 Å². The number of amides is 2. The monoisotopic (exact) mass is 1040 g/mol. The van der Waals surface area contributed by atoms with E-state index < -0.39 is 36.5 Å². The number of nitrogens with zero attached hydrogens (tertiary/aromatic N) is 1. The van der Waals surface area contributed by atoms with Gasteiger partial charge in [-0.1, -0.05) is 154 Å². The number of carbonyl (C=O) groups excluding carboxylic acids is 5. The van der Waals surface area contributed by atoms with Gasteiger partial charge in [0, 0.05) is 45.6 Å². The molecule has 2 atom stereocenters. The molecule has 5 aromatic carbocycles. The number of benzene rings is 5. The van der Waals surface area contributed by atoms with Crippen molar-refractivity contribution in [2.45, 2.75) is 71.8 Å². The molecule has 70 heavy (non-hydrogen) atoms. The molecular weight excluding hydrogens is 970 g/mol. The van der Waals surface area contributed by atoms with Gasteiger partial charge in [0.1, 0.15) is 31.1 Å². The maximum absolute atomic E-state index is 12.9. The number of aldehydes is 1. The zero-order chi connectivity index (χ0) is 50.4. The number of hydrogen-bond acceptors (Lipinski definition) is 12. The van der Waals surface area contributed by atoms with Gasteiger partial charge in [-0.25, -0.2) is 10.1 Å². The van der Waals surface area contributed by atoms with Crippen LogP contribution >= 0.6 is 0 Å². The van der Waals surface area contributed by atoms with Gasteiger partial charge < -0.3 is 45.5 Å². The molecule has 16 heteroatoms. The number of aryl methyl sites for hydroxylation is 2. The summed E-state index contributed by atoms with van der Waals surface area (Å²) in [5, 5.41) is 17.7. The van der Waals surface area contributed by atoms with Crippen molar-refractivity contribution in [2.75, 3.05) is 39.9 Å². The van der Waals surface area contributed by atoms with Crippen LogP contribution in [0.3, 0.4) is 0 Å². The summed E-state index contributed by atoms with van der Waals surface area (Å²) in [6.45, 7) is 10.4. The van der Waals surface area contributed by atoms with Crippen LogP contribution < -0.4 is 26.0 Å². The fourth-order valence-corrected chi connectivity index (χ4v) is 6.99. The van der Waals surface area contributed by atoms with Crippen molar-refractivity contribution in [1.82, 2.24) is 10.6 Å². The Bertz CT molecular complexity index is 2170. The van der Waals surface area contributed by atoms with Crippen molar-refractivity contribution >= 4 is 30.0 Å². The summed E-state index contributed by atoms with van der Waals surface area (Å²) in [5.41, 5.74) is 8.72. The van der Waals surface area contributed by atoms with E-state index in [1.165, 1.54) is 6.92 Å². The van der Waals surface area contributed by atoms with Crippen molar-refractivity contribution in [2.24, 2.45) is 17.6 Å². The molecule has 6 rings (SSSR count). The fourth-order valence-electron chi connectivity index (χ4n) is 6.99. The largest absolute Gasteiger partial charge is 0.662 e. The van der Waals surface area contributed by atoms with Crippen molar-refractivity contribution in [3.8, 4) is 11.5 Å². The Labute approximate surface area is 437 Å². The first-order valence-corrected chi connectivity index (χ1v) is 22.8. The molecule has 0 bridgehead atoms. The van der Waals surface area contributed by atoms with E-state index in [9.17, 15) is 24.0 Å². The SMILES string of the molecule is CNC(CC(C)C)C(=O)NCC(=O)OC(C)OC(=O)COC(c1ccccc1)(c1ccccc1)c1ccccc1.Cc1ccc(OO)cc1.Cc1ccccc1OCC=O.NC(=O)C1CC[N-]CC1.[Y]. The Kier molecular flexibility index (Phi) is 29.0. The van der Waals surface area contributed by atoms with Crippen molar-refractivity contribution < 1.29 is 85.8 Å². The van der Waals surface area contributed by atoms with Gasteiger partial charge in [-0.2, -0.15) is 0 Å². The molecule has 15 nitrogen and oxygen atoms in total. The third-order valence-corrected chi connectivity index (χ3v) is 10.5. The molecule has 5 aromatic rings. The smallest absolute Gasteiger partial charge is 0.335 e. The van der Waals surface area contributed by atoms with E-state index >= 15 is 0 Å². The van der Waals surface area contributed by atoms with Gasteiger partial charge in [0.2, 0.25) is 18.1 Å². The van der Waals surface area contributed by atoms with Crippen LogP contribution in [-0.4, -0.2) is 87.5 Å². The molecule has 0 aromatic heterocycles. The zero-order valence-corrected chi connectivity index (χ0v) is 43.8. The Morgan fingerprint density at radius 3 is 1.70 bits per heavy atom. The third kappa shape index (κ3) is 21.5. The van der Waals surface area contributed by atoms with E-state index in [1.54, 1.807) is 19.2 Å². The van der Waals surface area contributed by atoms with Crippen LogP contribution in [-0.2, 0) is 76.5 Å². The van der Waals surface area contributed by atoms with Gasteiger partial charge in [0.15, 0.2) is 12.0 Å². The molecule has 2 unspecified atom stereocenters. The summed E-state index contributed by atoms with van der Waals surface area (Å²) in [5.74, 6) is -0.232. The molecule has 0 aliphatic carbocycles. The van der Waals surface area contributed by atoms with E-state index in [-0.39, 0.29) is 63.6 Å². The maximum atomic E-state index is 12.9. The summed E-state index contributed by atoms with van der Waals surface area (Å²) >= 11 is 0. The van der Waals surface area contributed by atoms with Crippen molar-refractivity contribution in [3.05, 3.63) is 173 Å². The fraction of sp³-hybridized carbons (Fsp3) is 0.352. The van der Waals surface area contributed by atoms with Crippen molar-refractivity contribution in [1.29, 1.82) is 0 Å². The molecule has 1 heterocycles. The molecule has 1 aliphatic rings. The second-order valence-electron chi connectivity index (χ2n) is 16.3. The van der Waals surface area contributed by atoms with E-state index in [2.05, 4.69) is 20.8 Å². The molecule has 2 amide bonds. The van der Waals surface area contributed by atoms with Crippen LogP contribution in [0.2, 0.25) is 0 Å². The molecule has 1 fully saturated rings. The normalized spacial score (nSPS) is 12.7. The number of carbonyl (C=O) groups is 5. The number of primary amides is 1. The maximum Gasteiger partial charge on any atom is 0.335 e. The Hall–Kier alpha value is -5.81. The van der Waals surface area contributed by atoms with Gasteiger partial charge in [-0.3, -0.25) is 19.2 Å². The molecule has 0 spiro atoms. The average Bonchev–Trinajstić information content (AvgIpc) is 3.37. The molecule has 1 radical (unpaired) electrons. The number of para-hydroxylation sites is 1. The van der Waals surface area contributed by atoms with Crippen molar-refractivity contribution in [3.63, 3.8) is 0 Å². The van der Waals surface area contributed by atoms with E-state index in [0.717, 1.165) is 65.8 Å². The first kappa shape index (κ1) is 60.3. The second-order valence-corrected chi connectivity index (χ2v) is 16.3. The number of likely N-dealkylation sites (N-methyl/N-ethyl adjacent to an activating group) is 1. The predicted octanol–water partition coefficient (Wildman–Crippen LogP) is 7.85. The van der Waals surface area contributed by atoms with Crippen LogP contribution in [0.15, 0.2) is 140 Å². The topological polar surface area (TPSA) is 216 Å². The number of ether oxygens (including phenoxy) is 4. The standard InChI is InChI=1S/C32H38N2O6.C9H10O2.C7H8O2.C6H11N2O.Y/c1-23(2)20-28(33-4)31(37)34-21-29(35)39-24(3)40-30(36)22-38-32(25-14-8-5-9-15-25,26-16-10-6-11-17-26)27-18-12-7-13-19-27;1-8-4-2-3-5-9(8)11-7-6-10;1-6-2-4-7(9-8)5-3-6;7-6(9)5-1-3-8-4-2-5;/h5-19,23-24,28,33H,20-22H2,1-4H3,(H,34,37);2-6H,7H2,1H3;2-5,8H,1H3;5H,1-4H2,(H2,7,9);/q;;;-1;. The first-order valence-electron chi connectivity index (χ1n) is 22.8. The average molecular weight is 1040 g/mol. The van der Waals surface area contributed by atoms with Crippen LogP contribution in [0.5, 0.6) is 11.5 Å². The van der Waals surface area contributed by atoms with E-state index in [0.29, 0.717) is 18.1 Å². The Morgan fingerprint density at radius 1 is 0.757 bits per heavy atom. The minimum absolute atomic E-state index is 0. The Morgan fingerprint density at radius 2 is 1.26 bits per heavy atom. The Balaban J connectivity index is 0.000000445. The molecule has 1 saturated heterocycles. The number of esters is 2. The molecule has 1 aliphatic heterocycles. The summed E-state index contributed by atoms with van der Waals surface area (Å²) < 4.78 is 22.0. The quantitative estimate of drug-likeness (QED) is 0.0155. The van der Waals surface area contributed by atoms with Crippen LogP contribution in [0.25, 0.3) is 5.32 Å². The zero-order valence-electron chi connectivity index (χ0n) is 41.0. The molecular formula is C54H67N4O11Y-. The summed E-state index contributed by atoms with van der Waals surface area (Å²) in [7, 11) is 1.69. The molecule has 0 saturated carbocycles. The third-order valence-electron chi connectivity index (χ3n) is 10.5. The van der Waals surface area contributed by atoms with Gasteiger partial charge in [-0.15, -0.1) is 13.1 Å². The van der Waals surface area contributed by atoms with E-state index in [1.807, 2.05) is 155 Å². The van der Waals surface area contributed by atoms with Gasteiger partial charge in [0.25, 0.3) is 0 Å². The van der Waals surface area contributed by atoms with Gasteiger partial charge in [0.05, 0.1) is 6.04 Å². The van der Waals surface area contributed by atoms with Crippen LogP contribution in [0.1, 0.15) is 67.9 Å². The second kappa shape index (κ2) is 33.7. The number of nitrogens with two attached hydrogens (primary N) is 1. The van der Waals surface area contributed by atoms with Gasteiger partial charge in [-0.05, 0) is 73.7 Å². The minimum atomic E-state index is -1.17. The summed E-state index contributed by atoms with van der Waals surface area (Å²) in [6.07, 6.45) is 1.91.